The van der Waals surface area contributed by atoms with Crippen LogP contribution in [0.2, 0.25) is 0 Å². The second-order valence-corrected chi connectivity index (χ2v) is 6.10. The van der Waals surface area contributed by atoms with Gasteiger partial charge in [-0.3, -0.25) is 9.80 Å². The first-order chi connectivity index (χ1) is 11.2. The Morgan fingerprint density at radius 1 is 1.26 bits per heavy atom. The van der Waals surface area contributed by atoms with Crippen molar-refractivity contribution in [3.63, 3.8) is 0 Å². The average molecular weight is 319 g/mol. The lowest BCUT2D eigenvalue weighted by Gasteiger charge is -2.45. The first kappa shape index (κ1) is 16.2. The van der Waals surface area contributed by atoms with E-state index in [0.717, 1.165) is 39.3 Å². The molecule has 2 heterocycles. The van der Waals surface area contributed by atoms with Crippen LogP contribution in [0.1, 0.15) is 12.5 Å². The zero-order valence-electron chi connectivity index (χ0n) is 13.4. The van der Waals surface area contributed by atoms with Gasteiger partial charge in [-0.15, -0.1) is 0 Å². The van der Waals surface area contributed by atoms with Gasteiger partial charge in [-0.25, -0.2) is 4.39 Å². The van der Waals surface area contributed by atoms with Crippen molar-refractivity contribution in [1.82, 2.24) is 9.80 Å². The van der Waals surface area contributed by atoms with Gasteiger partial charge < -0.3 is 9.47 Å². The molecule has 0 aliphatic carbocycles. The topological polar surface area (TPSA) is 48.7 Å². The molecular formula is C17H22FN3O2. The molecule has 0 saturated carbocycles. The molecule has 0 aromatic heterocycles. The molecule has 1 aromatic rings. The monoisotopic (exact) mass is 319 g/mol. The summed E-state index contributed by atoms with van der Waals surface area (Å²) in [6.07, 6.45) is 0.517. The van der Waals surface area contributed by atoms with E-state index in [0.29, 0.717) is 12.2 Å². The van der Waals surface area contributed by atoms with Crippen molar-refractivity contribution < 1.29 is 13.9 Å². The molecule has 2 atom stereocenters. The Balaban J connectivity index is 1.48. The number of hydrogen-bond donors (Lipinski definition) is 0. The zero-order valence-corrected chi connectivity index (χ0v) is 13.4. The maximum Gasteiger partial charge on any atom is 0.166 e. The normalized spacial score (nSPS) is 25.1. The van der Waals surface area contributed by atoms with E-state index in [-0.39, 0.29) is 18.0 Å². The van der Waals surface area contributed by atoms with Gasteiger partial charge in [-0.05, 0) is 24.7 Å². The van der Waals surface area contributed by atoms with Crippen LogP contribution in [0, 0.1) is 17.1 Å². The van der Waals surface area contributed by atoms with E-state index >= 15 is 0 Å². The Labute approximate surface area is 136 Å². The SMILES string of the molecule is CCN1CC2CN(CCOc3ccc(C#N)cc3F)CC(C1)O2. The Kier molecular flexibility index (Phi) is 5.11. The summed E-state index contributed by atoms with van der Waals surface area (Å²) in [4.78, 5) is 4.76. The van der Waals surface area contributed by atoms with Crippen LogP contribution in [-0.4, -0.2) is 67.9 Å². The second kappa shape index (κ2) is 7.26. The molecule has 0 radical (unpaired) electrons. The molecular weight excluding hydrogens is 297 g/mol. The van der Waals surface area contributed by atoms with Gasteiger partial charge in [0, 0.05) is 32.7 Å². The Morgan fingerprint density at radius 2 is 1.96 bits per heavy atom. The lowest BCUT2D eigenvalue weighted by molar-refractivity contribution is -0.138. The maximum atomic E-state index is 13.8. The van der Waals surface area contributed by atoms with Crippen LogP contribution >= 0.6 is 0 Å². The number of morpholine rings is 2. The summed E-state index contributed by atoms with van der Waals surface area (Å²) in [5.74, 6) is -0.281. The third-order valence-electron chi connectivity index (χ3n) is 4.41. The molecule has 2 bridgehead atoms. The molecule has 23 heavy (non-hydrogen) atoms. The highest BCUT2D eigenvalue weighted by Gasteiger charge is 2.34. The van der Waals surface area contributed by atoms with Gasteiger partial charge in [0.25, 0.3) is 0 Å². The van der Waals surface area contributed by atoms with Crippen LogP contribution in [0.4, 0.5) is 4.39 Å². The minimum absolute atomic E-state index is 0.203. The van der Waals surface area contributed by atoms with Gasteiger partial charge in [0.2, 0.25) is 0 Å². The minimum Gasteiger partial charge on any atom is -0.489 e. The van der Waals surface area contributed by atoms with Crippen LogP contribution in [0.15, 0.2) is 18.2 Å². The van der Waals surface area contributed by atoms with Gasteiger partial charge in [0.1, 0.15) is 6.61 Å². The lowest BCUT2D eigenvalue weighted by Crippen LogP contribution is -2.59. The largest absolute Gasteiger partial charge is 0.489 e. The number of benzene rings is 1. The third-order valence-corrected chi connectivity index (χ3v) is 4.41. The number of rotatable bonds is 5. The predicted octanol–water partition coefficient (Wildman–Crippen LogP) is 1.48. The summed E-state index contributed by atoms with van der Waals surface area (Å²) < 4.78 is 25.3. The zero-order chi connectivity index (χ0) is 16.2. The van der Waals surface area contributed by atoms with Crippen molar-refractivity contribution in [2.45, 2.75) is 19.1 Å². The van der Waals surface area contributed by atoms with Gasteiger partial charge in [0.15, 0.2) is 11.6 Å². The maximum absolute atomic E-state index is 13.8. The van der Waals surface area contributed by atoms with Crippen molar-refractivity contribution in [3.8, 4) is 11.8 Å². The van der Waals surface area contributed by atoms with Crippen molar-refractivity contribution in [2.24, 2.45) is 0 Å². The van der Waals surface area contributed by atoms with Crippen molar-refractivity contribution in [1.29, 1.82) is 5.26 Å². The number of nitrogens with zero attached hydrogens (tertiary/aromatic N) is 3. The fourth-order valence-corrected chi connectivity index (χ4v) is 3.27. The average Bonchev–Trinajstić information content (AvgIpc) is 2.55. The van der Waals surface area contributed by atoms with Gasteiger partial charge in [0.05, 0.1) is 23.8 Å². The first-order valence-electron chi connectivity index (χ1n) is 8.10. The van der Waals surface area contributed by atoms with Crippen LogP contribution in [0.5, 0.6) is 5.75 Å². The number of fused-ring (bicyclic) bond motifs is 2. The number of nitriles is 1. The first-order valence-corrected chi connectivity index (χ1v) is 8.10. The van der Waals surface area contributed by atoms with Crippen molar-refractivity contribution >= 4 is 0 Å². The lowest BCUT2D eigenvalue weighted by atomic mass is 10.1. The Morgan fingerprint density at radius 3 is 2.57 bits per heavy atom. The second-order valence-electron chi connectivity index (χ2n) is 6.10. The molecule has 5 nitrogen and oxygen atoms in total. The summed E-state index contributed by atoms with van der Waals surface area (Å²) in [5.41, 5.74) is 0.302. The molecule has 3 rings (SSSR count). The quantitative estimate of drug-likeness (QED) is 0.823. The molecule has 0 spiro atoms. The summed E-state index contributed by atoms with van der Waals surface area (Å²) in [5, 5.41) is 8.73. The van der Waals surface area contributed by atoms with Gasteiger partial charge in [-0.2, -0.15) is 5.26 Å². The predicted molar refractivity (Wildman–Crippen MR) is 83.8 cm³/mol. The highest BCUT2D eigenvalue weighted by molar-refractivity contribution is 5.35. The molecule has 1 aromatic carbocycles. The van der Waals surface area contributed by atoms with Gasteiger partial charge >= 0.3 is 0 Å². The molecule has 0 N–H and O–H groups in total. The molecule has 2 unspecified atom stereocenters. The number of halogens is 1. The molecule has 6 heteroatoms. The Bertz CT molecular complexity index is 576. The third kappa shape index (κ3) is 3.99. The van der Waals surface area contributed by atoms with E-state index in [1.165, 1.54) is 12.1 Å². The summed E-state index contributed by atoms with van der Waals surface area (Å²) in [6.45, 7) is 8.18. The van der Waals surface area contributed by atoms with Crippen molar-refractivity contribution in [3.05, 3.63) is 29.6 Å². The minimum atomic E-state index is -0.485. The van der Waals surface area contributed by atoms with E-state index in [1.807, 2.05) is 6.07 Å². The fraction of sp³-hybridized carbons (Fsp3) is 0.588. The number of likely N-dealkylation sites (N-methyl/N-ethyl adjacent to an activating group) is 1. The molecule has 2 saturated heterocycles. The molecule has 2 aliphatic rings. The van der Waals surface area contributed by atoms with Crippen LogP contribution in [-0.2, 0) is 4.74 Å². The van der Waals surface area contributed by atoms with Crippen LogP contribution < -0.4 is 4.74 Å². The molecule has 124 valence electrons. The molecule has 2 aliphatic heterocycles. The smallest absolute Gasteiger partial charge is 0.166 e. The summed E-state index contributed by atoms with van der Waals surface area (Å²) in [6, 6.07) is 6.20. The van der Waals surface area contributed by atoms with E-state index < -0.39 is 5.82 Å². The fourth-order valence-electron chi connectivity index (χ4n) is 3.27. The molecule has 2 fully saturated rings. The highest BCUT2D eigenvalue weighted by Crippen LogP contribution is 2.20. The Hall–Kier alpha value is -1.68. The molecule has 0 amide bonds. The van der Waals surface area contributed by atoms with Crippen LogP contribution in [0.25, 0.3) is 0 Å². The van der Waals surface area contributed by atoms with E-state index in [4.69, 9.17) is 14.7 Å². The van der Waals surface area contributed by atoms with Crippen molar-refractivity contribution in [2.75, 3.05) is 45.9 Å². The van der Waals surface area contributed by atoms with E-state index in [1.54, 1.807) is 6.07 Å². The number of hydrogen-bond acceptors (Lipinski definition) is 5. The van der Waals surface area contributed by atoms with Gasteiger partial charge in [-0.1, -0.05) is 6.92 Å². The van der Waals surface area contributed by atoms with Crippen LogP contribution in [0.3, 0.4) is 0 Å². The highest BCUT2D eigenvalue weighted by atomic mass is 19.1. The summed E-state index contributed by atoms with van der Waals surface area (Å²) >= 11 is 0. The number of ether oxygens (including phenoxy) is 2. The van der Waals surface area contributed by atoms with E-state index in [2.05, 4.69) is 16.7 Å². The standard InChI is InChI=1S/C17H22FN3O2/c1-2-20-9-14-11-21(12-15(10-20)23-14)5-6-22-17-4-3-13(8-19)7-16(17)18/h3-4,7,14-15H,2,5-6,9-12H2,1H3. The summed E-state index contributed by atoms with van der Waals surface area (Å²) in [7, 11) is 0. The van der Waals surface area contributed by atoms with E-state index in [9.17, 15) is 4.39 Å².